The summed E-state index contributed by atoms with van der Waals surface area (Å²) in [4.78, 5) is 2.30. The molecule has 49 heavy (non-hydrogen) atoms. The number of para-hydroxylation sites is 2. The Morgan fingerprint density at radius 1 is 0.327 bits per heavy atom. The number of furan rings is 2. The maximum Gasteiger partial charge on any atom is 0.143 e. The van der Waals surface area contributed by atoms with Gasteiger partial charge in [0, 0.05) is 55.6 Å². The van der Waals surface area contributed by atoms with Crippen LogP contribution in [0.4, 0.5) is 17.1 Å². The molecule has 0 radical (unpaired) electrons. The number of anilines is 3. The lowest BCUT2D eigenvalue weighted by Crippen LogP contribution is -2.10. The zero-order valence-electron chi connectivity index (χ0n) is 26.5. The topological polar surface area (TPSA) is 29.5 Å². The van der Waals surface area contributed by atoms with Crippen LogP contribution in [0.5, 0.6) is 0 Å². The van der Waals surface area contributed by atoms with Crippen molar-refractivity contribution in [2.45, 2.75) is 0 Å². The second-order valence-corrected chi connectivity index (χ2v) is 12.5. The van der Waals surface area contributed by atoms with E-state index in [1.165, 1.54) is 10.9 Å². The Labute approximate surface area is 282 Å². The summed E-state index contributed by atoms with van der Waals surface area (Å²) in [5.74, 6) is 0. The van der Waals surface area contributed by atoms with Crippen LogP contribution in [0.1, 0.15) is 0 Å². The summed E-state index contributed by atoms with van der Waals surface area (Å²) in [5.41, 5.74) is 11.3. The molecular formula is C46H29NO2. The van der Waals surface area contributed by atoms with E-state index in [1.807, 2.05) is 12.1 Å². The average molecular weight is 628 g/mol. The fourth-order valence-corrected chi connectivity index (χ4v) is 7.30. The number of hydrogen-bond donors (Lipinski definition) is 0. The average Bonchev–Trinajstić information content (AvgIpc) is 3.74. The monoisotopic (exact) mass is 627 g/mol. The summed E-state index contributed by atoms with van der Waals surface area (Å²) < 4.78 is 13.0. The molecule has 3 nitrogen and oxygen atoms in total. The quantitative estimate of drug-likeness (QED) is 0.190. The number of rotatable bonds is 5. The largest absolute Gasteiger partial charge is 0.456 e. The molecular weight excluding hydrogens is 599 g/mol. The van der Waals surface area contributed by atoms with Gasteiger partial charge in [-0.2, -0.15) is 0 Å². The predicted octanol–water partition coefficient (Wildman–Crippen LogP) is 13.4. The van der Waals surface area contributed by atoms with E-state index in [-0.39, 0.29) is 0 Å². The van der Waals surface area contributed by atoms with Crippen LogP contribution in [0.2, 0.25) is 0 Å². The van der Waals surface area contributed by atoms with Crippen molar-refractivity contribution in [3.63, 3.8) is 0 Å². The van der Waals surface area contributed by atoms with E-state index >= 15 is 0 Å². The molecule has 2 aromatic heterocycles. The highest BCUT2D eigenvalue weighted by Crippen LogP contribution is 2.42. The van der Waals surface area contributed by atoms with Gasteiger partial charge in [0.1, 0.15) is 22.3 Å². The fourth-order valence-electron chi connectivity index (χ4n) is 7.30. The van der Waals surface area contributed by atoms with Crippen molar-refractivity contribution in [3.05, 3.63) is 176 Å². The molecule has 0 spiro atoms. The normalized spacial score (nSPS) is 11.7. The highest BCUT2D eigenvalue weighted by atomic mass is 16.3. The van der Waals surface area contributed by atoms with E-state index in [4.69, 9.17) is 8.83 Å². The van der Waals surface area contributed by atoms with Crippen molar-refractivity contribution in [1.82, 2.24) is 0 Å². The molecule has 0 saturated carbocycles. The molecule has 0 N–H and O–H groups in total. The summed E-state index contributed by atoms with van der Waals surface area (Å²) in [6.45, 7) is 0. The molecule has 0 unspecified atom stereocenters. The van der Waals surface area contributed by atoms with Crippen molar-refractivity contribution >= 4 is 71.7 Å². The van der Waals surface area contributed by atoms with Gasteiger partial charge < -0.3 is 13.7 Å². The van der Waals surface area contributed by atoms with Gasteiger partial charge in [0.15, 0.2) is 0 Å². The molecule has 0 saturated heterocycles. The molecule has 0 aliphatic heterocycles. The number of hydrogen-bond acceptors (Lipinski definition) is 3. The molecule has 10 aromatic rings. The van der Waals surface area contributed by atoms with Gasteiger partial charge >= 0.3 is 0 Å². The molecule has 0 aliphatic rings. The fraction of sp³-hybridized carbons (Fsp3) is 0. The van der Waals surface area contributed by atoms with Gasteiger partial charge in [-0.15, -0.1) is 0 Å². The lowest BCUT2D eigenvalue weighted by atomic mass is 10.0. The molecule has 0 amide bonds. The van der Waals surface area contributed by atoms with E-state index in [0.717, 1.165) is 83.0 Å². The Kier molecular flexibility index (Phi) is 6.18. The van der Waals surface area contributed by atoms with Gasteiger partial charge in [-0.1, -0.05) is 121 Å². The van der Waals surface area contributed by atoms with Crippen LogP contribution >= 0.6 is 0 Å². The number of fused-ring (bicyclic) bond motifs is 8. The predicted molar refractivity (Wildman–Crippen MR) is 204 cm³/mol. The molecule has 2 heterocycles. The van der Waals surface area contributed by atoms with Crippen molar-refractivity contribution in [2.24, 2.45) is 0 Å². The van der Waals surface area contributed by atoms with Crippen molar-refractivity contribution in [2.75, 3.05) is 4.90 Å². The van der Waals surface area contributed by atoms with Gasteiger partial charge in [0.2, 0.25) is 0 Å². The molecule has 0 bridgehead atoms. The first-order valence-corrected chi connectivity index (χ1v) is 16.6. The molecule has 0 fully saturated rings. The highest BCUT2D eigenvalue weighted by Gasteiger charge is 2.18. The summed E-state index contributed by atoms with van der Waals surface area (Å²) in [7, 11) is 0. The van der Waals surface area contributed by atoms with E-state index in [0.29, 0.717) is 0 Å². The molecule has 3 heteroatoms. The van der Waals surface area contributed by atoms with Crippen molar-refractivity contribution < 1.29 is 8.83 Å². The Bertz CT molecular complexity index is 2830. The number of benzene rings is 8. The van der Waals surface area contributed by atoms with Crippen LogP contribution in [-0.2, 0) is 0 Å². The molecule has 8 aromatic carbocycles. The second kappa shape index (κ2) is 11.0. The van der Waals surface area contributed by atoms with E-state index in [9.17, 15) is 0 Å². The smallest absolute Gasteiger partial charge is 0.143 e. The highest BCUT2D eigenvalue weighted by molar-refractivity contribution is 6.17. The third kappa shape index (κ3) is 4.51. The van der Waals surface area contributed by atoms with E-state index in [1.54, 1.807) is 0 Å². The van der Waals surface area contributed by atoms with Crippen LogP contribution < -0.4 is 4.90 Å². The van der Waals surface area contributed by atoms with Gasteiger partial charge in [-0.25, -0.2) is 0 Å². The third-order valence-electron chi connectivity index (χ3n) is 9.66. The first kappa shape index (κ1) is 27.5. The van der Waals surface area contributed by atoms with Crippen LogP contribution in [-0.4, -0.2) is 0 Å². The van der Waals surface area contributed by atoms with Crippen LogP contribution in [0.3, 0.4) is 0 Å². The zero-order valence-corrected chi connectivity index (χ0v) is 26.5. The molecule has 0 aliphatic carbocycles. The second-order valence-electron chi connectivity index (χ2n) is 12.5. The first-order chi connectivity index (χ1) is 24.3. The minimum Gasteiger partial charge on any atom is -0.456 e. The van der Waals surface area contributed by atoms with E-state index < -0.39 is 0 Å². The summed E-state index contributed by atoms with van der Waals surface area (Å²) in [6, 6.07) is 62.0. The van der Waals surface area contributed by atoms with Gasteiger partial charge in [0.05, 0.1) is 0 Å². The molecule has 10 rings (SSSR count). The maximum absolute atomic E-state index is 6.67. The van der Waals surface area contributed by atoms with Crippen molar-refractivity contribution in [1.29, 1.82) is 0 Å². The standard InChI is InChI=1S/C46H29NO2/c1-2-10-30(11-3-1)33-13-8-14-35(28-33)47(36-25-27-40-39-16-6-7-19-43(39)48-44(40)29-36)34-23-20-32(21-24-34)38-17-9-18-41-42-26-22-31-12-4-5-15-37(31)46(42)49-45(38)41/h1-29H. The Hall–Kier alpha value is -6.58. The minimum atomic E-state index is 0.864. The molecule has 230 valence electrons. The zero-order chi connectivity index (χ0) is 32.3. The Morgan fingerprint density at radius 2 is 0.980 bits per heavy atom. The lowest BCUT2D eigenvalue weighted by molar-refractivity contribution is 0.669. The van der Waals surface area contributed by atoms with Gasteiger partial charge in [-0.3, -0.25) is 0 Å². The lowest BCUT2D eigenvalue weighted by Gasteiger charge is -2.26. The van der Waals surface area contributed by atoms with Gasteiger partial charge in [-0.05, 0) is 70.6 Å². The molecule has 0 atom stereocenters. The van der Waals surface area contributed by atoms with Crippen LogP contribution in [0.15, 0.2) is 185 Å². The Morgan fingerprint density at radius 3 is 1.88 bits per heavy atom. The summed E-state index contributed by atoms with van der Waals surface area (Å²) in [5, 5.41) is 6.81. The van der Waals surface area contributed by atoms with Crippen LogP contribution in [0.25, 0.3) is 76.9 Å². The maximum atomic E-state index is 6.67. The van der Waals surface area contributed by atoms with Crippen molar-refractivity contribution in [3.8, 4) is 22.3 Å². The summed E-state index contributed by atoms with van der Waals surface area (Å²) in [6.07, 6.45) is 0. The minimum absolute atomic E-state index is 0.864. The summed E-state index contributed by atoms with van der Waals surface area (Å²) >= 11 is 0. The SMILES string of the molecule is c1ccc(-c2cccc(N(c3ccc(-c4cccc5c4oc4c6ccccc6ccc54)cc3)c3ccc4c(c3)oc3ccccc34)c2)cc1. The first-order valence-electron chi connectivity index (χ1n) is 16.6. The van der Waals surface area contributed by atoms with Crippen LogP contribution in [0, 0.1) is 0 Å². The Balaban J connectivity index is 1.11. The van der Waals surface area contributed by atoms with E-state index in [2.05, 4.69) is 169 Å². The number of nitrogens with zero attached hydrogens (tertiary/aromatic N) is 1. The third-order valence-corrected chi connectivity index (χ3v) is 9.66. The van der Waals surface area contributed by atoms with Gasteiger partial charge in [0.25, 0.3) is 0 Å².